The first kappa shape index (κ1) is 15.5. The highest BCUT2D eigenvalue weighted by Crippen LogP contribution is 2.15. The maximum atomic E-state index is 12.3. The fraction of sp³-hybridized carbons (Fsp3) is 0.231. The minimum absolute atomic E-state index is 0.105. The molecule has 0 aliphatic heterocycles. The molecule has 0 fully saturated rings. The van der Waals surface area contributed by atoms with E-state index in [0.29, 0.717) is 16.3 Å². The molecule has 0 aliphatic rings. The van der Waals surface area contributed by atoms with Crippen LogP contribution in [0.1, 0.15) is 11.3 Å². The van der Waals surface area contributed by atoms with Crippen molar-refractivity contribution >= 4 is 27.3 Å². The third-order valence-electron chi connectivity index (χ3n) is 2.98. The lowest BCUT2D eigenvalue weighted by molar-refractivity contribution is 0.580. The van der Waals surface area contributed by atoms with E-state index in [1.165, 1.54) is 16.8 Å². The van der Waals surface area contributed by atoms with Crippen LogP contribution in [0.2, 0.25) is 5.02 Å². The molecule has 0 amide bonds. The van der Waals surface area contributed by atoms with Crippen molar-refractivity contribution in [1.82, 2.24) is 9.78 Å². The fourth-order valence-corrected chi connectivity index (χ4v) is 3.20. The molecule has 0 saturated heterocycles. The number of aryl methyl sites for hydroxylation is 2. The first-order chi connectivity index (χ1) is 9.79. The number of nitrogen functional groups attached to an aromatic ring is 1. The van der Waals surface area contributed by atoms with Gasteiger partial charge in [0.05, 0.1) is 27.9 Å². The summed E-state index contributed by atoms with van der Waals surface area (Å²) in [5.41, 5.74) is 6.41. The van der Waals surface area contributed by atoms with E-state index in [0.717, 1.165) is 0 Å². The first-order valence-electron chi connectivity index (χ1n) is 6.16. The Morgan fingerprint density at radius 3 is 2.76 bits per heavy atom. The van der Waals surface area contributed by atoms with E-state index in [2.05, 4.69) is 5.10 Å². The molecule has 6 nitrogen and oxygen atoms in total. The van der Waals surface area contributed by atoms with Gasteiger partial charge in [-0.25, -0.2) is 8.42 Å². The number of nitrogens with zero attached hydrogens (tertiary/aromatic N) is 2. The second-order valence-corrected chi connectivity index (χ2v) is 7.10. The van der Waals surface area contributed by atoms with Crippen LogP contribution in [0.15, 0.2) is 35.4 Å². The number of rotatable bonds is 5. The maximum absolute atomic E-state index is 12.3. The number of benzene rings is 1. The molecule has 0 spiro atoms. The molecule has 2 aromatic rings. The molecule has 2 rings (SSSR count). The van der Waals surface area contributed by atoms with E-state index in [-0.39, 0.29) is 23.0 Å². The van der Waals surface area contributed by atoms with Crippen LogP contribution in [0, 0.1) is 12.3 Å². The molecule has 21 heavy (non-hydrogen) atoms. The Hall–Kier alpha value is -1.86. The van der Waals surface area contributed by atoms with Gasteiger partial charge in [-0.2, -0.15) is 5.10 Å². The number of sulfone groups is 1. The van der Waals surface area contributed by atoms with Gasteiger partial charge in [0.2, 0.25) is 0 Å². The number of halogens is 1. The van der Waals surface area contributed by atoms with Crippen molar-refractivity contribution in [2.24, 2.45) is 5.73 Å². The fourth-order valence-electron chi connectivity index (χ4n) is 1.80. The summed E-state index contributed by atoms with van der Waals surface area (Å²) in [5, 5.41) is 12.0. The van der Waals surface area contributed by atoms with Gasteiger partial charge in [0.25, 0.3) is 0 Å². The lowest BCUT2D eigenvalue weighted by atomic mass is 10.2. The summed E-state index contributed by atoms with van der Waals surface area (Å²) in [4.78, 5) is 0.144. The Morgan fingerprint density at radius 2 is 2.19 bits per heavy atom. The molecule has 0 aliphatic carbocycles. The molecule has 3 N–H and O–H groups in total. The van der Waals surface area contributed by atoms with Gasteiger partial charge in [0.15, 0.2) is 9.84 Å². The Kier molecular flexibility index (Phi) is 4.34. The predicted molar refractivity (Wildman–Crippen MR) is 81.5 cm³/mol. The lowest BCUT2D eigenvalue weighted by Crippen LogP contribution is -2.15. The second kappa shape index (κ2) is 5.87. The highest BCUT2D eigenvalue weighted by molar-refractivity contribution is 7.91. The zero-order valence-corrected chi connectivity index (χ0v) is 12.9. The lowest BCUT2D eigenvalue weighted by Gasteiger charge is -2.06. The van der Waals surface area contributed by atoms with Crippen molar-refractivity contribution in [2.75, 3.05) is 5.75 Å². The molecule has 0 bridgehead atoms. The predicted octanol–water partition coefficient (Wildman–Crippen LogP) is 1.60. The zero-order valence-electron chi connectivity index (χ0n) is 11.4. The summed E-state index contributed by atoms with van der Waals surface area (Å²) in [6.07, 6.45) is 1.60. The van der Waals surface area contributed by atoms with Crippen LogP contribution in [0.4, 0.5) is 0 Å². The minimum atomic E-state index is -3.47. The standard InChI is InChI=1S/C13H15ClN4O2S/c1-9-12(14)8-18(17-9)5-6-21(19,20)11-4-2-3-10(7-11)13(15)16/h2-4,7-8H,5-6H2,1H3,(H3,15,16). The highest BCUT2D eigenvalue weighted by atomic mass is 35.5. The number of nitrogens with two attached hydrogens (primary N) is 1. The van der Waals surface area contributed by atoms with Crippen molar-refractivity contribution in [3.05, 3.63) is 46.7 Å². The summed E-state index contributed by atoms with van der Waals surface area (Å²) in [5.74, 6) is -0.271. The summed E-state index contributed by atoms with van der Waals surface area (Å²) in [6.45, 7) is 1.96. The van der Waals surface area contributed by atoms with Crippen molar-refractivity contribution < 1.29 is 8.42 Å². The van der Waals surface area contributed by atoms with E-state index in [4.69, 9.17) is 22.7 Å². The average molecular weight is 327 g/mol. The molecular weight excluding hydrogens is 312 g/mol. The molecule has 112 valence electrons. The molecule has 0 unspecified atom stereocenters. The van der Waals surface area contributed by atoms with Gasteiger partial charge >= 0.3 is 0 Å². The molecular formula is C13H15ClN4O2S. The Balaban J connectivity index is 2.18. The van der Waals surface area contributed by atoms with Crippen LogP contribution in [0.25, 0.3) is 0 Å². The van der Waals surface area contributed by atoms with Crippen molar-refractivity contribution in [3.63, 3.8) is 0 Å². The third-order valence-corrected chi connectivity index (χ3v) is 5.04. The zero-order chi connectivity index (χ0) is 15.6. The maximum Gasteiger partial charge on any atom is 0.180 e. The largest absolute Gasteiger partial charge is 0.384 e. The number of aromatic nitrogens is 2. The third kappa shape index (κ3) is 3.62. The topological polar surface area (TPSA) is 102 Å². The number of hydrogen-bond donors (Lipinski definition) is 2. The van der Waals surface area contributed by atoms with E-state index in [9.17, 15) is 8.42 Å². The summed E-state index contributed by atoms with van der Waals surface area (Å²) in [6, 6.07) is 6.05. The highest BCUT2D eigenvalue weighted by Gasteiger charge is 2.16. The van der Waals surface area contributed by atoms with Gasteiger partial charge in [-0.15, -0.1) is 0 Å². The molecule has 0 atom stereocenters. The van der Waals surface area contributed by atoms with Gasteiger partial charge < -0.3 is 5.73 Å². The van der Waals surface area contributed by atoms with Crippen LogP contribution >= 0.6 is 11.6 Å². The SMILES string of the molecule is Cc1nn(CCS(=O)(=O)c2cccc(C(=N)N)c2)cc1Cl. The molecule has 0 saturated carbocycles. The van der Waals surface area contributed by atoms with Gasteiger partial charge in [-0.1, -0.05) is 23.7 Å². The van der Waals surface area contributed by atoms with Crippen LogP contribution < -0.4 is 5.73 Å². The Morgan fingerprint density at radius 1 is 1.48 bits per heavy atom. The first-order valence-corrected chi connectivity index (χ1v) is 8.19. The van der Waals surface area contributed by atoms with E-state index in [1.54, 1.807) is 25.3 Å². The van der Waals surface area contributed by atoms with E-state index < -0.39 is 9.84 Å². The van der Waals surface area contributed by atoms with E-state index >= 15 is 0 Å². The van der Waals surface area contributed by atoms with Crippen molar-refractivity contribution in [1.29, 1.82) is 5.41 Å². The Labute approximate surface area is 128 Å². The van der Waals surface area contributed by atoms with Gasteiger partial charge in [0, 0.05) is 11.8 Å². The second-order valence-electron chi connectivity index (χ2n) is 4.59. The summed E-state index contributed by atoms with van der Waals surface area (Å²) in [7, 11) is -3.47. The van der Waals surface area contributed by atoms with Crippen LogP contribution in [-0.4, -0.2) is 29.8 Å². The normalized spacial score (nSPS) is 11.5. The molecule has 8 heteroatoms. The van der Waals surface area contributed by atoms with Crippen LogP contribution in [0.5, 0.6) is 0 Å². The molecule has 1 aromatic carbocycles. The smallest absolute Gasteiger partial charge is 0.180 e. The van der Waals surface area contributed by atoms with Crippen molar-refractivity contribution in [3.8, 4) is 0 Å². The number of hydrogen-bond acceptors (Lipinski definition) is 4. The van der Waals surface area contributed by atoms with Crippen LogP contribution in [-0.2, 0) is 16.4 Å². The molecule has 1 aromatic heterocycles. The number of amidine groups is 1. The molecule has 0 radical (unpaired) electrons. The number of nitrogens with one attached hydrogen (secondary N) is 1. The van der Waals surface area contributed by atoms with Gasteiger partial charge in [-0.3, -0.25) is 10.1 Å². The molecule has 1 heterocycles. The Bertz CT molecular complexity index is 764. The van der Waals surface area contributed by atoms with Crippen molar-refractivity contribution in [2.45, 2.75) is 18.4 Å². The van der Waals surface area contributed by atoms with Gasteiger partial charge in [-0.05, 0) is 19.1 Å². The summed E-state index contributed by atoms with van der Waals surface area (Å²) < 4.78 is 26.1. The van der Waals surface area contributed by atoms with Gasteiger partial charge in [0.1, 0.15) is 5.84 Å². The van der Waals surface area contributed by atoms with E-state index in [1.807, 2.05) is 0 Å². The quantitative estimate of drug-likeness (QED) is 0.643. The summed E-state index contributed by atoms with van der Waals surface area (Å²) >= 11 is 5.88. The van der Waals surface area contributed by atoms with Crippen LogP contribution in [0.3, 0.4) is 0 Å². The minimum Gasteiger partial charge on any atom is -0.384 e. The average Bonchev–Trinajstić information content (AvgIpc) is 2.76. The monoisotopic (exact) mass is 326 g/mol.